The summed E-state index contributed by atoms with van der Waals surface area (Å²) in [7, 11) is 0. The number of hydrogen-bond acceptors (Lipinski definition) is 3. The van der Waals surface area contributed by atoms with E-state index >= 15 is 0 Å². The molecule has 0 amide bonds. The van der Waals surface area contributed by atoms with E-state index in [9.17, 15) is 0 Å². The molecule has 0 saturated heterocycles. The van der Waals surface area contributed by atoms with Crippen LogP contribution in [0.25, 0.3) is 0 Å². The van der Waals surface area contributed by atoms with Gasteiger partial charge in [-0.2, -0.15) is 0 Å². The molecule has 0 spiro atoms. The zero-order chi connectivity index (χ0) is 8.39. The van der Waals surface area contributed by atoms with Gasteiger partial charge in [-0.1, -0.05) is 6.42 Å². The van der Waals surface area contributed by atoms with Gasteiger partial charge in [-0.25, -0.2) is 4.98 Å². The number of rotatable bonds is 2. The van der Waals surface area contributed by atoms with Crippen molar-refractivity contribution in [1.29, 1.82) is 0 Å². The Kier molecular flexibility index (Phi) is 2.21. The van der Waals surface area contributed by atoms with Crippen LogP contribution in [0, 0.1) is 0 Å². The third-order valence-corrected chi connectivity index (χ3v) is 3.39. The van der Waals surface area contributed by atoms with Crippen molar-refractivity contribution in [2.24, 2.45) is 0 Å². The number of aromatic nitrogens is 1. The topological polar surface area (TPSA) is 38.9 Å². The van der Waals surface area contributed by atoms with Crippen LogP contribution in [0.4, 0.5) is 5.69 Å². The Hall–Kier alpha value is -0.700. The van der Waals surface area contributed by atoms with Gasteiger partial charge in [0, 0.05) is 5.25 Å². The van der Waals surface area contributed by atoms with E-state index in [-0.39, 0.29) is 0 Å². The highest BCUT2D eigenvalue weighted by Gasteiger charge is 2.18. The number of pyridine rings is 1. The normalized spacial score (nSPS) is 17.3. The first-order valence-electron chi connectivity index (χ1n) is 4.23. The number of anilines is 1. The van der Waals surface area contributed by atoms with Gasteiger partial charge in [-0.3, -0.25) is 0 Å². The number of nitrogens with two attached hydrogens (primary N) is 1. The van der Waals surface area contributed by atoms with E-state index in [1.165, 1.54) is 19.3 Å². The zero-order valence-electron chi connectivity index (χ0n) is 6.86. The van der Waals surface area contributed by atoms with Crippen molar-refractivity contribution in [2.75, 3.05) is 5.73 Å². The molecule has 64 valence electrons. The summed E-state index contributed by atoms with van der Waals surface area (Å²) in [5.74, 6) is 0. The van der Waals surface area contributed by atoms with Crippen molar-refractivity contribution in [3.8, 4) is 0 Å². The van der Waals surface area contributed by atoms with Crippen LogP contribution in [0.3, 0.4) is 0 Å². The van der Waals surface area contributed by atoms with Gasteiger partial charge in [0.2, 0.25) is 0 Å². The summed E-state index contributed by atoms with van der Waals surface area (Å²) in [6.45, 7) is 0. The Labute approximate surface area is 76.6 Å². The molecule has 1 aromatic heterocycles. The molecule has 1 saturated carbocycles. The molecule has 0 atom stereocenters. The minimum Gasteiger partial charge on any atom is -0.397 e. The van der Waals surface area contributed by atoms with Gasteiger partial charge < -0.3 is 5.73 Å². The highest BCUT2D eigenvalue weighted by Crippen LogP contribution is 2.35. The minimum absolute atomic E-state index is 0.743. The first kappa shape index (κ1) is 7.92. The lowest BCUT2D eigenvalue weighted by molar-refractivity contribution is 0.521. The number of nitrogens with zero attached hydrogens (tertiary/aromatic N) is 1. The van der Waals surface area contributed by atoms with Gasteiger partial charge in [-0.05, 0) is 25.0 Å². The third-order valence-electron chi connectivity index (χ3n) is 2.10. The summed E-state index contributed by atoms with van der Waals surface area (Å²) >= 11 is 1.87. The predicted molar refractivity (Wildman–Crippen MR) is 52.1 cm³/mol. The van der Waals surface area contributed by atoms with E-state index in [1.807, 2.05) is 23.9 Å². The lowest BCUT2D eigenvalue weighted by Gasteiger charge is -2.23. The maximum absolute atomic E-state index is 5.53. The third kappa shape index (κ3) is 1.72. The molecule has 1 aromatic rings. The van der Waals surface area contributed by atoms with E-state index in [1.54, 1.807) is 6.20 Å². The van der Waals surface area contributed by atoms with E-state index in [2.05, 4.69) is 4.98 Å². The smallest absolute Gasteiger partial charge is 0.0964 e. The summed E-state index contributed by atoms with van der Waals surface area (Å²) in [4.78, 5) is 4.24. The van der Waals surface area contributed by atoms with Crippen LogP contribution >= 0.6 is 11.8 Å². The van der Waals surface area contributed by atoms with E-state index < -0.39 is 0 Å². The summed E-state index contributed by atoms with van der Waals surface area (Å²) in [5, 5.41) is 1.91. The van der Waals surface area contributed by atoms with E-state index in [0.29, 0.717) is 0 Å². The number of hydrogen-bond donors (Lipinski definition) is 1. The fourth-order valence-corrected chi connectivity index (χ4v) is 2.29. The average Bonchev–Trinajstić information content (AvgIpc) is 2.00. The highest BCUT2D eigenvalue weighted by molar-refractivity contribution is 7.99. The molecule has 1 aliphatic rings. The van der Waals surface area contributed by atoms with E-state index in [4.69, 9.17) is 5.73 Å². The van der Waals surface area contributed by atoms with Crippen LogP contribution in [-0.4, -0.2) is 10.2 Å². The molecule has 2 nitrogen and oxygen atoms in total. The second-order valence-electron chi connectivity index (χ2n) is 3.10. The second kappa shape index (κ2) is 3.35. The molecule has 3 heteroatoms. The summed E-state index contributed by atoms with van der Waals surface area (Å²) < 4.78 is 0. The van der Waals surface area contributed by atoms with Crippen molar-refractivity contribution in [3.05, 3.63) is 18.3 Å². The maximum atomic E-state index is 5.53. The molecule has 1 fully saturated rings. The van der Waals surface area contributed by atoms with Gasteiger partial charge in [0.25, 0.3) is 0 Å². The quantitative estimate of drug-likeness (QED) is 0.759. The van der Waals surface area contributed by atoms with Crippen LogP contribution in [0.2, 0.25) is 0 Å². The molecule has 0 aromatic carbocycles. The Morgan fingerprint density at radius 2 is 2.25 bits per heavy atom. The van der Waals surface area contributed by atoms with Crippen LogP contribution in [-0.2, 0) is 0 Å². The second-order valence-corrected chi connectivity index (χ2v) is 4.42. The SMILES string of the molecule is Nc1ccc(SC2CCC2)nc1. The van der Waals surface area contributed by atoms with Gasteiger partial charge in [-0.15, -0.1) is 11.8 Å². The van der Waals surface area contributed by atoms with Gasteiger partial charge >= 0.3 is 0 Å². The molecule has 0 radical (unpaired) electrons. The first-order chi connectivity index (χ1) is 5.84. The van der Waals surface area contributed by atoms with Gasteiger partial charge in [0.1, 0.15) is 0 Å². The van der Waals surface area contributed by atoms with Crippen LogP contribution in [0.5, 0.6) is 0 Å². The highest BCUT2D eigenvalue weighted by atomic mass is 32.2. The summed E-state index contributed by atoms with van der Waals surface area (Å²) in [5.41, 5.74) is 6.28. The minimum atomic E-state index is 0.743. The summed E-state index contributed by atoms with van der Waals surface area (Å²) in [6, 6.07) is 3.91. The van der Waals surface area contributed by atoms with Crippen LogP contribution in [0.1, 0.15) is 19.3 Å². The van der Waals surface area contributed by atoms with Crippen molar-refractivity contribution in [3.63, 3.8) is 0 Å². The van der Waals surface area contributed by atoms with Crippen molar-refractivity contribution in [1.82, 2.24) is 4.98 Å². The van der Waals surface area contributed by atoms with Gasteiger partial charge in [0.05, 0.1) is 16.9 Å². The van der Waals surface area contributed by atoms with Crippen LogP contribution < -0.4 is 5.73 Å². The Balaban J connectivity index is 1.98. The molecular formula is C9H12N2S. The molecule has 0 unspecified atom stereocenters. The monoisotopic (exact) mass is 180 g/mol. The summed E-state index contributed by atoms with van der Waals surface area (Å²) in [6.07, 6.45) is 5.79. The number of thioether (sulfide) groups is 1. The zero-order valence-corrected chi connectivity index (χ0v) is 7.68. The molecular weight excluding hydrogens is 168 g/mol. The molecule has 0 bridgehead atoms. The Morgan fingerprint density at radius 3 is 2.75 bits per heavy atom. The van der Waals surface area contributed by atoms with Gasteiger partial charge in [0.15, 0.2) is 0 Å². The lowest BCUT2D eigenvalue weighted by Crippen LogP contribution is -2.12. The average molecular weight is 180 g/mol. The lowest BCUT2D eigenvalue weighted by atomic mass is 10.0. The van der Waals surface area contributed by atoms with Crippen LogP contribution in [0.15, 0.2) is 23.4 Å². The molecule has 2 N–H and O–H groups in total. The molecule has 1 heterocycles. The fraction of sp³-hybridized carbons (Fsp3) is 0.444. The Bertz CT molecular complexity index is 254. The van der Waals surface area contributed by atoms with E-state index in [0.717, 1.165) is 16.0 Å². The molecule has 12 heavy (non-hydrogen) atoms. The maximum Gasteiger partial charge on any atom is 0.0964 e. The van der Waals surface area contributed by atoms with Crippen molar-refractivity contribution < 1.29 is 0 Å². The van der Waals surface area contributed by atoms with Crippen molar-refractivity contribution >= 4 is 17.4 Å². The predicted octanol–water partition coefficient (Wildman–Crippen LogP) is 2.31. The molecule has 2 rings (SSSR count). The Morgan fingerprint density at radius 1 is 1.42 bits per heavy atom. The number of nitrogen functional groups attached to an aromatic ring is 1. The standard InChI is InChI=1S/C9H12N2S/c10-7-4-5-9(11-6-7)12-8-2-1-3-8/h4-6,8H,1-3,10H2. The fourth-order valence-electron chi connectivity index (χ4n) is 1.12. The van der Waals surface area contributed by atoms with Crippen molar-refractivity contribution in [2.45, 2.75) is 29.5 Å². The largest absolute Gasteiger partial charge is 0.397 e. The molecule has 1 aliphatic carbocycles. The first-order valence-corrected chi connectivity index (χ1v) is 5.11. The molecule has 0 aliphatic heterocycles.